The summed E-state index contributed by atoms with van der Waals surface area (Å²) in [4.78, 5) is 0. The van der Waals surface area contributed by atoms with Crippen LogP contribution >= 0.6 is 0 Å². The number of oxime groups is 1. The molecule has 0 aromatic heterocycles. The fourth-order valence-corrected chi connectivity index (χ4v) is 1.52. The van der Waals surface area contributed by atoms with E-state index in [1.807, 2.05) is 6.92 Å². The lowest BCUT2D eigenvalue weighted by Crippen LogP contribution is -2.47. The molecule has 0 bridgehead atoms. The van der Waals surface area contributed by atoms with Gasteiger partial charge in [-0.3, -0.25) is 0 Å². The van der Waals surface area contributed by atoms with Crippen molar-refractivity contribution >= 4 is 5.84 Å². The van der Waals surface area contributed by atoms with E-state index in [1.54, 1.807) is 0 Å². The zero-order valence-electron chi connectivity index (χ0n) is 9.62. The van der Waals surface area contributed by atoms with Crippen molar-refractivity contribution in [1.82, 2.24) is 5.32 Å². The highest BCUT2D eigenvalue weighted by molar-refractivity contribution is 5.85. The first-order chi connectivity index (χ1) is 6.56. The second-order valence-electron chi connectivity index (χ2n) is 3.91. The SMILES string of the molecule is CCC(NC(CC)C(C)C)C(N)=NO. The molecule has 0 rings (SSSR count). The van der Waals surface area contributed by atoms with Crippen LogP contribution in [0.4, 0.5) is 0 Å². The van der Waals surface area contributed by atoms with Gasteiger partial charge in [0, 0.05) is 6.04 Å². The molecule has 0 aliphatic carbocycles. The number of hydrogen-bond donors (Lipinski definition) is 3. The maximum absolute atomic E-state index is 8.58. The first kappa shape index (κ1) is 13.2. The van der Waals surface area contributed by atoms with Gasteiger partial charge in [0.15, 0.2) is 5.84 Å². The van der Waals surface area contributed by atoms with Crippen LogP contribution in [0.25, 0.3) is 0 Å². The molecular formula is C10H23N3O. The summed E-state index contributed by atoms with van der Waals surface area (Å²) in [6, 6.07) is 0.396. The molecule has 2 atom stereocenters. The van der Waals surface area contributed by atoms with Gasteiger partial charge in [-0.05, 0) is 18.8 Å². The Balaban J connectivity index is 4.28. The zero-order chi connectivity index (χ0) is 11.1. The third-order valence-electron chi connectivity index (χ3n) is 2.54. The highest BCUT2D eigenvalue weighted by atomic mass is 16.4. The summed E-state index contributed by atoms with van der Waals surface area (Å²) in [7, 11) is 0. The maximum Gasteiger partial charge on any atom is 0.156 e. The van der Waals surface area contributed by atoms with E-state index in [9.17, 15) is 0 Å². The number of nitrogens with zero attached hydrogens (tertiary/aromatic N) is 1. The molecule has 0 radical (unpaired) electrons. The Hall–Kier alpha value is -0.770. The summed E-state index contributed by atoms with van der Waals surface area (Å²) in [5.74, 6) is 0.826. The predicted molar refractivity (Wildman–Crippen MR) is 59.5 cm³/mol. The molecule has 0 saturated heterocycles. The number of amidine groups is 1. The summed E-state index contributed by atoms with van der Waals surface area (Å²) in [6.45, 7) is 8.49. The lowest BCUT2D eigenvalue weighted by molar-refractivity contribution is 0.309. The Labute approximate surface area is 86.6 Å². The third kappa shape index (κ3) is 3.96. The molecule has 0 saturated carbocycles. The standard InChI is InChI=1S/C10H23N3O/c1-5-8(7(3)4)12-9(6-2)10(11)13-14/h7-9,12,14H,5-6H2,1-4H3,(H2,11,13). The van der Waals surface area contributed by atoms with E-state index in [1.165, 1.54) is 0 Å². The summed E-state index contributed by atoms with van der Waals surface area (Å²) in [6.07, 6.45) is 1.88. The molecule has 0 aromatic rings. The minimum atomic E-state index is -0.0210. The van der Waals surface area contributed by atoms with Crippen molar-refractivity contribution in [2.24, 2.45) is 16.8 Å². The topological polar surface area (TPSA) is 70.6 Å². The van der Waals surface area contributed by atoms with E-state index in [-0.39, 0.29) is 11.9 Å². The average Bonchev–Trinajstić information content (AvgIpc) is 2.18. The van der Waals surface area contributed by atoms with Crippen molar-refractivity contribution in [3.63, 3.8) is 0 Å². The van der Waals surface area contributed by atoms with Crippen LogP contribution in [-0.4, -0.2) is 23.1 Å². The van der Waals surface area contributed by atoms with Crippen LogP contribution in [0, 0.1) is 5.92 Å². The second-order valence-corrected chi connectivity index (χ2v) is 3.91. The molecule has 4 N–H and O–H groups in total. The first-order valence-electron chi connectivity index (χ1n) is 5.30. The van der Waals surface area contributed by atoms with Gasteiger partial charge in [0.2, 0.25) is 0 Å². The molecule has 4 nitrogen and oxygen atoms in total. The van der Waals surface area contributed by atoms with Gasteiger partial charge in [-0.1, -0.05) is 32.9 Å². The van der Waals surface area contributed by atoms with E-state index in [0.29, 0.717) is 12.0 Å². The lowest BCUT2D eigenvalue weighted by Gasteiger charge is -2.26. The lowest BCUT2D eigenvalue weighted by atomic mass is 10.00. The predicted octanol–water partition coefficient (Wildman–Crippen LogP) is 1.54. The highest BCUT2D eigenvalue weighted by Crippen LogP contribution is 2.07. The molecule has 84 valence electrons. The summed E-state index contributed by atoms with van der Waals surface area (Å²) in [5.41, 5.74) is 5.57. The van der Waals surface area contributed by atoms with Crippen molar-refractivity contribution in [3.8, 4) is 0 Å². The van der Waals surface area contributed by atoms with E-state index in [4.69, 9.17) is 10.9 Å². The fraction of sp³-hybridized carbons (Fsp3) is 0.900. The van der Waals surface area contributed by atoms with Crippen LogP contribution in [0.5, 0.6) is 0 Å². The Morgan fingerprint density at radius 2 is 1.93 bits per heavy atom. The van der Waals surface area contributed by atoms with Crippen molar-refractivity contribution in [1.29, 1.82) is 0 Å². The molecule has 0 aromatic carbocycles. The van der Waals surface area contributed by atoms with Crippen LogP contribution in [0.2, 0.25) is 0 Å². The van der Waals surface area contributed by atoms with Crippen molar-refractivity contribution in [3.05, 3.63) is 0 Å². The summed E-state index contributed by atoms with van der Waals surface area (Å²) < 4.78 is 0. The normalized spacial score (nSPS) is 17.1. The molecule has 0 fully saturated rings. The van der Waals surface area contributed by atoms with Gasteiger partial charge in [0.1, 0.15) is 0 Å². The van der Waals surface area contributed by atoms with Crippen LogP contribution in [0.15, 0.2) is 5.16 Å². The molecule has 14 heavy (non-hydrogen) atoms. The summed E-state index contributed by atoms with van der Waals surface area (Å²) >= 11 is 0. The van der Waals surface area contributed by atoms with E-state index < -0.39 is 0 Å². The Morgan fingerprint density at radius 1 is 1.36 bits per heavy atom. The largest absolute Gasteiger partial charge is 0.409 e. The van der Waals surface area contributed by atoms with Crippen molar-refractivity contribution < 1.29 is 5.21 Å². The molecule has 0 spiro atoms. The van der Waals surface area contributed by atoms with Gasteiger partial charge in [-0.25, -0.2) is 0 Å². The molecule has 0 aliphatic heterocycles. The number of nitrogens with two attached hydrogens (primary N) is 1. The van der Waals surface area contributed by atoms with Crippen LogP contribution in [0.1, 0.15) is 40.5 Å². The smallest absolute Gasteiger partial charge is 0.156 e. The van der Waals surface area contributed by atoms with E-state index >= 15 is 0 Å². The number of hydrogen-bond acceptors (Lipinski definition) is 3. The van der Waals surface area contributed by atoms with Crippen LogP contribution in [-0.2, 0) is 0 Å². The van der Waals surface area contributed by atoms with E-state index in [0.717, 1.165) is 12.8 Å². The fourth-order valence-electron chi connectivity index (χ4n) is 1.52. The van der Waals surface area contributed by atoms with Crippen LogP contribution in [0.3, 0.4) is 0 Å². The monoisotopic (exact) mass is 201 g/mol. The van der Waals surface area contributed by atoms with Crippen molar-refractivity contribution in [2.75, 3.05) is 0 Å². The number of nitrogens with one attached hydrogen (secondary N) is 1. The van der Waals surface area contributed by atoms with Gasteiger partial charge in [0.25, 0.3) is 0 Å². The minimum Gasteiger partial charge on any atom is -0.409 e. The molecule has 0 amide bonds. The van der Waals surface area contributed by atoms with Gasteiger partial charge < -0.3 is 16.3 Å². The number of rotatable bonds is 6. The first-order valence-corrected chi connectivity index (χ1v) is 5.30. The Bertz CT molecular complexity index is 180. The summed E-state index contributed by atoms with van der Waals surface area (Å²) in [5, 5.41) is 15.0. The molecule has 4 heteroatoms. The van der Waals surface area contributed by atoms with Gasteiger partial charge in [-0.2, -0.15) is 0 Å². The zero-order valence-corrected chi connectivity index (χ0v) is 9.62. The molecule has 0 aliphatic rings. The highest BCUT2D eigenvalue weighted by Gasteiger charge is 2.18. The van der Waals surface area contributed by atoms with Crippen LogP contribution < -0.4 is 11.1 Å². The second kappa shape index (κ2) is 6.65. The third-order valence-corrected chi connectivity index (χ3v) is 2.54. The molecular weight excluding hydrogens is 178 g/mol. The van der Waals surface area contributed by atoms with E-state index in [2.05, 4.69) is 31.2 Å². The maximum atomic E-state index is 8.58. The van der Waals surface area contributed by atoms with Gasteiger partial charge in [-0.15, -0.1) is 0 Å². The van der Waals surface area contributed by atoms with Gasteiger partial charge in [0.05, 0.1) is 6.04 Å². The van der Waals surface area contributed by atoms with Crippen molar-refractivity contribution in [2.45, 2.75) is 52.6 Å². The van der Waals surface area contributed by atoms with Gasteiger partial charge >= 0.3 is 0 Å². The Morgan fingerprint density at radius 3 is 2.21 bits per heavy atom. The molecule has 0 heterocycles. The molecule has 2 unspecified atom stereocenters. The Kier molecular flexibility index (Phi) is 6.28. The quantitative estimate of drug-likeness (QED) is 0.264. The minimum absolute atomic E-state index is 0.0210. The average molecular weight is 201 g/mol.